The molecule has 0 amide bonds. The van der Waals surface area contributed by atoms with Crippen molar-refractivity contribution in [3.8, 4) is 0 Å². The Bertz CT molecular complexity index is 319. The summed E-state index contributed by atoms with van der Waals surface area (Å²) in [5.41, 5.74) is 0.555. The maximum atomic E-state index is 11.5. The lowest BCUT2D eigenvalue weighted by atomic mass is 10.1. The van der Waals surface area contributed by atoms with Crippen molar-refractivity contribution in [2.24, 2.45) is 0 Å². The molecule has 68 valence electrons. The SMILES string of the molecule is CC(=O)[C@H](Br)C(=O)c1ccccc1. The molecule has 0 aliphatic heterocycles. The fourth-order valence-corrected chi connectivity index (χ4v) is 1.20. The molecule has 0 unspecified atom stereocenters. The smallest absolute Gasteiger partial charge is 0.183 e. The number of alkyl halides is 1. The maximum Gasteiger partial charge on any atom is 0.183 e. The van der Waals surface area contributed by atoms with E-state index < -0.39 is 4.83 Å². The minimum absolute atomic E-state index is 0.172. The van der Waals surface area contributed by atoms with Crippen molar-refractivity contribution in [2.45, 2.75) is 11.8 Å². The first-order valence-corrected chi connectivity index (χ1v) is 4.78. The van der Waals surface area contributed by atoms with Crippen LogP contribution in [0, 0.1) is 0 Å². The Morgan fingerprint density at radius 3 is 2.23 bits per heavy atom. The highest BCUT2D eigenvalue weighted by atomic mass is 79.9. The molecule has 1 aromatic rings. The number of carbonyl (C=O) groups excluding carboxylic acids is 2. The summed E-state index contributed by atoms with van der Waals surface area (Å²) in [6, 6.07) is 8.76. The van der Waals surface area contributed by atoms with Crippen molar-refractivity contribution in [1.82, 2.24) is 0 Å². The first-order valence-electron chi connectivity index (χ1n) is 3.86. The highest BCUT2D eigenvalue weighted by Gasteiger charge is 2.20. The average Bonchev–Trinajstić information content (AvgIpc) is 2.17. The normalized spacial score (nSPS) is 12.2. The van der Waals surface area contributed by atoms with Crippen molar-refractivity contribution in [2.75, 3.05) is 0 Å². The van der Waals surface area contributed by atoms with Gasteiger partial charge in [-0.2, -0.15) is 0 Å². The Morgan fingerprint density at radius 2 is 1.77 bits per heavy atom. The monoisotopic (exact) mass is 240 g/mol. The fraction of sp³-hybridized carbons (Fsp3) is 0.200. The summed E-state index contributed by atoms with van der Waals surface area (Å²) >= 11 is 3.05. The predicted octanol–water partition coefficient (Wildman–Crippen LogP) is 2.22. The first kappa shape index (κ1) is 10.1. The highest BCUT2D eigenvalue weighted by Crippen LogP contribution is 2.10. The van der Waals surface area contributed by atoms with Crippen LogP contribution in [-0.4, -0.2) is 16.4 Å². The molecule has 0 saturated heterocycles. The van der Waals surface area contributed by atoms with Crippen LogP contribution in [0.25, 0.3) is 0 Å². The number of carbonyl (C=O) groups is 2. The van der Waals surface area contributed by atoms with E-state index >= 15 is 0 Å². The topological polar surface area (TPSA) is 34.1 Å². The molecule has 0 bridgehead atoms. The van der Waals surface area contributed by atoms with E-state index in [-0.39, 0.29) is 11.6 Å². The molecule has 0 aliphatic rings. The molecule has 0 fully saturated rings. The highest BCUT2D eigenvalue weighted by molar-refractivity contribution is 9.10. The van der Waals surface area contributed by atoms with Crippen LogP contribution in [0.4, 0.5) is 0 Å². The molecule has 3 heteroatoms. The molecule has 0 heterocycles. The Morgan fingerprint density at radius 1 is 1.23 bits per heavy atom. The lowest BCUT2D eigenvalue weighted by molar-refractivity contribution is -0.115. The lowest BCUT2D eigenvalue weighted by Gasteiger charge is -2.03. The lowest BCUT2D eigenvalue weighted by Crippen LogP contribution is -2.21. The summed E-state index contributed by atoms with van der Waals surface area (Å²) in [5, 5.41) is 0. The van der Waals surface area contributed by atoms with Gasteiger partial charge in [0.2, 0.25) is 0 Å². The number of ketones is 2. The standard InChI is InChI=1S/C10H9BrO2/c1-7(12)9(11)10(13)8-5-3-2-4-6-8/h2-6,9H,1H3/t9-/m0/s1. The molecule has 1 aromatic carbocycles. The zero-order valence-electron chi connectivity index (χ0n) is 7.16. The molecule has 13 heavy (non-hydrogen) atoms. The quantitative estimate of drug-likeness (QED) is 0.462. The van der Waals surface area contributed by atoms with Gasteiger partial charge in [0.25, 0.3) is 0 Å². The van der Waals surface area contributed by atoms with E-state index in [1.165, 1.54) is 6.92 Å². The largest absolute Gasteiger partial charge is 0.298 e. The van der Waals surface area contributed by atoms with Gasteiger partial charge in [-0.1, -0.05) is 46.3 Å². The summed E-state index contributed by atoms with van der Waals surface area (Å²) in [6.07, 6.45) is 0. The van der Waals surface area contributed by atoms with Crippen molar-refractivity contribution >= 4 is 27.5 Å². The second kappa shape index (κ2) is 4.33. The van der Waals surface area contributed by atoms with Crippen LogP contribution in [0.3, 0.4) is 0 Å². The van der Waals surface area contributed by atoms with Crippen LogP contribution in [0.15, 0.2) is 30.3 Å². The van der Waals surface area contributed by atoms with E-state index in [0.29, 0.717) is 5.56 Å². The Balaban J connectivity index is 2.86. The van der Waals surface area contributed by atoms with Crippen LogP contribution in [0.1, 0.15) is 17.3 Å². The van der Waals surface area contributed by atoms with Crippen molar-refractivity contribution in [3.05, 3.63) is 35.9 Å². The second-order valence-electron chi connectivity index (χ2n) is 2.70. The predicted molar refractivity (Wildman–Crippen MR) is 54.2 cm³/mol. The van der Waals surface area contributed by atoms with Crippen LogP contribution in [0.2, 0.25) is 0 Å². The van der Waals surface area contributed by atoms with Crippen molar-refractivity contribution in [1.29, 1.82) is 0 Å². The minimum atomic E-state index is -0.713. The van der Waals surface area contributed by atoms with Gasteiger partial charge in [-0.15, -0.1) is 0 Å². The van der Waals surface area contributed by atoms with E-state index in [9.17, 15) is 9.59 Å². The Labute approximate surface area is 85.1 Å². The summed E-state index contributed by atoms with van der Waals surface area (Å²) in [6.45, 7) is 1.39. The van der Waals surface area contributed by atoms with Gasteiger partial charge in [0.1, 0.15) is 4.83 Å². The molecule has 1 rings (SSSR count). The van der Waals surface area contributed by atoms with Crippen LogP contribution in [-0.2, 0) is 4.79 Å². The zero-order valence-corrected chi connectivity index (χ0v) is 8.74. The summed E-state index contributed by atoms with van der Waals surface area (Å²) in [4.78, 5) is 21.7. The number of hydrogen-bond acceptors (Lipinski definition) is 2. The minimum Gasteiger partial charge on any atom is -0.298 e. The van der Waals surface area contributed by atoms with Gasteiger partial charge in [0, 0.05) is 5.56 Å². The van der Waals surface area contributed by atoms with Gasteiger partial charge in [-0.05, 0) is 6.92 Å². The molecule has 0 aromatic heterocycles. The molecule has 0 saturated carbocycles. The van der Waals surface area contributed by atoms with E-state index in [2.05, 4.69) is 15.9 Å². The third-order valence-electron chi connectivity index (χ3n) is 1.65. The second-order valence-corrected chi connectivity index (χ2v) is 3.62. The molecule has 0 radical (unpaired) electrons. The number of rotatable bonds is 3. The summed E-state index contributed by atoms with van der Waals surface area (Å²) in [5.74, 6) is -0.359. The molecule has 0 N–H and O–H groups in total. The van der Waals surface area contributed by atoms with Gasteiger partial charge < -0.3 is 0 Å². The number of Topliss-reactive ketones (excluding diaryl/α,β-unsaturated/α-hetero) is 2. The molecular formula is C10H9BrO2. The van der Waals surface area contributed by atoms with Gasteiger partial charge in [-0.3, -0.25) is 9.59 Å². The van der Waals surface area contributed by atoms with Gasteiger partial charge in [0.05, 0.1) is 0 Å². The van der Waals surface area contributed by atoms with Crippen LogP contribution >= 0.6 is 15.9 Å². The fourth-order valence-electron chi connectivity index (χ4n) is 0.933. The summed E-state index contributed by atoms with van der Waals surface area (Å²) < 4.78 is 0. The summed E-state index contributed by atoms with van der Waals surface area (Å²) in [7, 11) is 0. The zero-order chi connectivity index (χ0) is 9.84. The molecule has 0 spiro atoms. The van der Waals surface area contributed by atoms with Crippen molar-refractivity contribution < 1.29 is 9.59 Å². The first-order chi connectivity index (χ1) is 6.13. The van der Waals surface area contributed by atoms with Gasteiger partial charge >= 0.3 is 0 Å². The molecule has 1 atom stereocenters. The molecule has 0 aliphatic carbocycles. The van der Waals surface area contributed by atoms with Crippen LogP contribution in [0.5, 0.6) is 0 Å². The molecule has 2 nitrogen and oxygen atoms in total. The molecular weight excluding hydrogens is 232 g/mol. The van der Waals surface area contributed by atoms with Crippen molar-refractivity contribution in [3.63, 3.8) is 0 Å². The van der Waals surface area contributed by atoms with E-state index in [4.69, 9.17) is 0 Å². The van der Waals surface area contributed by atoms with E-state index in [1.54, 1.807) is 24.3 Å². The Hall–Kier alpha value is -0.960. The number of hydrogen-bond donors (Lipinski definition) is 0. The average molecular weight is 241 g/mol. The Kier molecular flexibility index (Phi) is 3.37. The maximum absolute atomic E-state index is 11.5. The van der Waals surface area contributed by atoms with E-state index in [1.807, 2.05) is 6.07 Å². The third kappa shape index (κ3) is 2.49. The number of halogens is 1. The van der Waals surface area contributed by atoms with Crippen LogP contribution < -0.4 is 0 Å². The van der Waals surface area contributed by atoms with E-state index in [0.717, 1.165) is 0 Å². The van der Waals surface area contributed by atoms with Gasteiger partial charge in [0.15, 0.2) is 11.6 Å². The third-order valence-corrected chi connectivity index (χ3v) is 2.71. The van der Waals surface area contributed by atoms with Gasteiger partial charge in [-0.25, -0.2) is 0 Å². The number of benzene rings is 1.